The zero-order valence-electron chi connectivity index (χ0n) is 11.1. The maximum Gasteiger partial charge on any atom is 0.103 e. The summed E-state index contributed by atoms with van der Waals surface area (Å²) in [4.78, 5) is 0. The van der Waals surface area contributed by atoms with E-state index in [4.69, 9.17) is 4.74 Å². The highest BCUT2D eigenvalue weighted by Gasteiger charge is 2.27. The van der Waals surface area contributed by atoms with Crippen molar-refractivity contribution < 1.29 is 9.13 Å². The van der Waals surface area contributed by atoms with E-state index < -0.39 is 6.17 Å². The highest BCUT2D eigenvalue weighted by atomic mass is 19.1. The smallest absolute Gasteiger partial charge is 0.103 e. The number of hydrogen-bond acceptors (Lipinski definition) is 1. The first kappa shape index (κ1) is 13.1. The van der Waals surface area contributed by atoms with Crippen molar-refractivity contribution in [3.05, 3.63) is 12.2 Å². The summed E-state index contributed by atoms with van der Waals surface area (Å²) in [7, 11) is 0. The van der Waals surface area contributed by atoms with Gasteiger partial charge in [0.1, 0.15) is 6.17 Å². The van der Waals surface area contributed by atoms with Crippen molar-refractivity contribution in [1.29, 1.82) is 0 Å². The Balaban J connectivity index is 1.70. The monoisotopic (exact) mass is 240 g/mol. The van der Waals surface area contributed by atoms with E-state index in [2.05, 4.69) is 19.1 Å². The molecule has 0 N–H and O–H groups in total. The van der Waals surface area contributed by atoms with Gasteiger partial charge in [0.05, 0.1) is 12.7 Å². The van der Waals surface area contributed by atoms with Gasteiger partial charge in [0, 0.05) is 0 Å². The summed E-state index contributed by atoms with van der Waals surface area (Å²) < 4.78 is 19.3. The first-order valence-corrected chi connectivity index (χ1v) is 7.09. The van der Waals surface area contributed by atoms with Gasteiger partial charge in [-0.15, -0.1) is 0 Å². The molecule has 1 saturated carbocycles. The van der Waals surface area contributed by atoms with Crippen LogP contribution in [-0.4, -0.2) is 18.9 Å². The Bertz CT molecular complexity index is 264. The van der Waals surface area contributed by atoms with Gasteiger partial charge >= 0.3 is 0 Å². The van der Waals surface area contributed by atoms with E-state index in [-0.39, 0.29) is 12.0 Å². The fraction of sp³-hybridized carbons (Fsp3) is 0.867. The lowest BCUT2D eigenvalue weighted by Crippen LogP contribution is -2.26. The summed E-state index contributed by atoms with van der Waals surface area (Å²) in [5.74, 6) is 1.41. The lowest BCUT2D eigenvalue weighted by Gasteiger charge is -2.30. The van der Waals surface area contributed by atoms with Crippen LogP contribution in [-0.2, 0) is 4.74 Å². The third-order valence-corrected chi connectivity index (χ3v) is 4.29. The molecule has 1 fully saturated rings. The number of rotatable bonds is 3. The Hall–Kier alpha value is -0.370. The van der Waals surface area contributed by atoms with Crippen LogP contribution in [0.3, 0.4) is 0 Å². The van der Waals surface area contributed by atoms with Gasteiger partial charge < -0.3 is 4.74 Å². The van der Waals surface area contributed by atoms with Crippen molar-refractivity contribution >= 4 is 0 Å². The second-order valence-corrected chi connectivity index (χ2v) is 5.98. The van der Waals surface area contributed by atoms with Crippen molar-refractivity contribution in [1.82, 2.24) is 0 Å². The predicted molar refractivity (Wildman–Crippen MR) is 68.7 cm³/mol. The second kappa shape index (κ2) is 5.99. The van der Waals surface area contributed by atoms with Crippen LogP contribution in [0.4, 0.5) is 4.39 Å². The van der Waals surface area contributed by atoms with Crippen molar-refractivity contribution in [2.45, 2.75) is 58.2 Å². The SMILES string of the molecule is CC1C=CC(CCC2CCC(C)C(F)C2)OC1. The summed E-state index contributed by atoms with van der Waals surface area (Å²) in [5, 5.41) is 0. The van der Waals surface area contributed by atoms with Crippen LogP contribution in [0.15, 0.2) is 12.2 Å². The molecule has 2 heteroatoms. The number of alkyl halides is 1. The molecule has 0 saturated heterocycles. The van der Waals surface area contributed by atoms with Crippen molar-refractivity contribution in [2.75, 3.05) is 6.61 Å². The molecule has 0 bridgehead atoms. The fourth-order valence-corrected chi connectivity index (χ4v) is 2.89. The molecule has 0 amide bonds. The molecule has 0 aromatic heterocycles. The van der Waals surface area contributed by atoms with E-state index in [0.29, 0.717) is 11.8 Å². The van der Waals surface area contributed by atoms with Crippen molar-refractivity contribution in [3.8, 4) is 0 Å². The molecule has 2 rings (SSSR count). The molecule has 0 radical (unpaired) electrons. The summed E-state index contributed by atoms with van der Waals surface area (Å²) in [6.07, 6.45) is 9.36. The quantitative estimate of drug-likeness (QED) is 0.674. The van der Waals surface area contributed by atoms with Crippen molar-refractivity contribution in [2.24, 2.45) is 17.8 Å². The molecule has 1 aliphatic carbocycles. The number of ether oxygens (including phenoxy) is 1. The second-order valence-electron chi connectivity index (χ2n) is 5.98. The van der Waals surface area contributed by atoms with E-state index in [1.54, 1.807) is 0 Å². The third-order valence-electron chi connectivity index (χ3n) is 4.29. The fourth-order valence-electron chi connectivity index (χ4n) is 2.89. The summed E-state index contributed by atoms with van der Waals surface area (Å²) in [6, 6.07) is 0. The zero-order chi connectivity index (χ0) is 12.3. The largest absolute Gasteiger partial charge is 0.374 e. The Morgan fingerprint density at radius 2 is 2.00 bits per heavy atom. The van der Waals surface area contributed by atoms with E-state index in [9.17, 15) is 4.39 Å². The lowest BCUT2D eigenvalue weighted by atomic mass is 9.79. The molecule has 1 aliphatic heterocycles. The van der Waals surface area contributed by atoms with Gasteiger partial charge in [0.25, 0.3) is 0 Å². The average molecular weight is 240 g/mol. The molecule has 98 valence electrons. The van der Waals surface area contributed by atoms with Crippen LogP contribution in [0.2, 0.25) is 0 Å². The molecule has 0 aromatic carbocycles. The molecule has 1 nitrogen and oxygen atoms in total. The van der Waals surface area contributed by atoms with Crippen LogP contribution in [0.25, 0.3) is 0 Å². The van der Waals surface area contributed by atoms with Gasteiger partial charge in [0.15, 0.2) is 0 Å². The van der Waals surface area contributed by atoms with Gasteiger partial charge in [0.2, 0.25) is 0 Å². The summed E-state index contributed by atoms with van der Waals surface area (Å²) in [6.45, 7) is 5.05. The number of halogens is 1. The molecule has 0 spiro atoms. The standard InChI is InChI=1S/C15H25FO/c1-11-3-7-14(17-10-11)8-6-13-5-4-12(2)15(16)9-13/h3,7,11-15H,4-6,8-10H2,1-2H3. The third kappa shape index (κ3) is 3.80. The minimum atomic E-state index is -0.573. The number of hydrogen-bond donors (Lipinski definition) is 0. The lowest BCUT2D eigenvalue weighted by molar-refractivity contribution is 0.0453. The zero-order valence-corrected chi connectivity index (χ0v) is 11.1. The predicted octanol–water partition coefficient (Wildman–Crippen LogP) is 4.13. The molecule has 1 heterocycles. The summed E-state index contributed by atoms with van der Waals surface area (Å²) >= 11 is 0. The topological polar surface area (TPSA) is 9.23 Å². The van der Waals surface area contributed by atoms with E-state index in [0.717, 1.165) is 32.3 Å². The molecule has 0 aromatic rings. The van der Waals surface area contributed by atoms with E-state index in [1.807, 2.05) is 6.92 Å². The van der Waals surface area contributed by atoms with Crippen LogP contribution in [0.5, 0.6) is 0 Å². The van der Waals surface area contributed by atoms with Crippen LogP contribution >= 0.6 is 0 Å². The maximum absolute atomic E-state index is 13.6. The van der Waals surface area contributed by atoms with Crippen LogP contribution in [0, 0.1) is 17.8 Å². The highest BCUT2D eigenvalue weighted by molar-refractivity contribution is 4.96. The van der Waals surface area contributed by atoms with E-state index >= 15 is 0 Å². The highest BCUT2D eigenvalue weighted by Crippen LogP contribution is 2.34. The molecule has 17 heavy (non-hydrogen) atoms. The van der Waals surface area contributed by atoms with Gasteiger partial charge in [-0.2, -0.15) is 0 Å². The maximum atomic E-state index is 13.6. The molecular weight excluding hydrogens is 215 g/mol. The molecule has 5 atom stereocenters. The summed E-state index contributed by atoms with van der Waals surface area (Å²) in [5.41, 5.74) is 0. The Morgan fingerprint density at radius 1 is 1.18 bits per heavy atom. The molecular formula is C15H25FO. The first-order valence-electron chi connectivity index (χ1n) is 7.09. The van der Waals surface area contributed by atoms with Crippen LogP contribution in [0.1, 0.15) is 46.0 Å². The Labute approximate surface area is 104 Å². The van der Waals surface area contributed by atoms with Gasteiger partial charge in [-0.1, -0.05) is 26.0 Å². The molecule has 5 unspecified atom stereocenters. The van der Waals surface area contributed by atoms with Crippen LogP contribution < -0.4 is 0 Å². The van der Waals surface area contributed by atoms with Gasteiger partial charge in [-0.05, 0) is 49.9 Å². The minimum absolute atomic E-state index is 0.276. The molecule has 2 aliphatic rings. The Kier molecular flexibility index (Phi) is 4.61. The van der Waals surface area contributed by atoms with Gasteiger partial charge in [-0.3, -0.25) is 0 Å². The average Bonchev–Trinajstić information content (AvgIpc) is 2.33. The minimum Gasteiger partial charge on any atom is -0.374 e. The van der Waals surface area contributed by atoms with E-state index in [1.165, 1.54) is 6.42 Å². The first-order chi connectivity index (χ1) is 8.15. The Morgan fingerprint density at radius 3 is 2.65 bits per heavy atom. The van der Waals surface area contributed by atoms with Crippen molar-refractivity contribution in [3.63, 3.8) is 0 Å². The normalized spacial score (nSPS) is 42.6. The van der Waals surface area contributed by atoms with Gasteiger partial charge in [-0.25, -0.2) is 4.39 Å².